The molecule has 0 unspecified atom stereocenters. The summed E-state index contributed by atoms with van der Waals surface area (Å²) in [7, 11) is 0. The van der Waals surface area contributed by atoms with Gasteiger partial charge in [-0.25, -0.2) is 0 Å². The van der Waals surface area contributed by atoms with Crippen molar-refractivity contribution in [2.24, 2.45) is 5.73 Å². The molecule has 0 saturated heterocycles. The Morgan fingerprint density at radius 3 is 2.12 bits per heavy atom. The zero-order valence-electron chi connectivity index (χ0n) is 9.14. The second-order valence-electron chi connectivity index (χ2n) is 3.96. The molecular formula is C14H16N2. The first-order valence-electron chi connectivity index (χ1n) is 5.40. The molecule has 0 bridgehead atoms. The zero-order valence-corrected chi connectivity index (χ0v) is 9.14. The van der Waals surface area contributed by atoms with Crippen LogP contribution < -0.4 is 11.5 Å². The van der Waals surface area contributed by atoms with Gasteiger partial charge in [-0.2, -0.15) is 0 Å². The third-order valence-corrected chi connectivity index (χ3v) is 2.66. The number of benzene rings is 2. The Balaban J connectivity index is 2.09. The highest BCUT2D eigenvalue weighted by Gasteiger charge is 2.06. The van der Waals surface area contributed by atoms with Crippen LogP contribution >= 0.6 is 0 Å². The SMILES string of the molecule is Nc1ccc([C@H](N)Cc2ccccc2)cc1. The van der Waals surface area contributed by atoms with Gasteiger partial charge in [0.05, 0.1) is 0 Å². The molecule has 0 aliphatic carbocycles. The molecule has 2 aromatic carbocycles. The van der Waals surface area contributed by atoms with Crippen LogP contribution in [-0.2, 0) is 6.42 Å². The summed E-state index contributed by atoms with van der Waals surface area (Å²) in [5.74, 6) is 0. The Morgan fingerprint density at radius 1 is 0.875 bits per heavy atom. The van der Waals surface area contributed by atoms with E-state index in [4.69, 9.17) is 11.5 Å². The van der Waals surface area contributed by atoms with Crippen LogP contribution in [-0.4, -0.2) is 0 Å². The molecule has 0 aliphatic heterocycles. The highest BCUT2D eigenvalue weighted by Crippen LogP contribution is 2.17. The Bertz CT molecular complexity index is 434. The lowest BCUT2D eigenvalue weighted by atomic mass is 10.00. The molecule has 0 aliphatic rings. The van der Waals surface area contributed by atoms with Crippen molar-refractivity contribution in [2.45, 2.75) is 12.5 Å². The van der Waals surface area contributed by atoms with E-state index in [0.717, 1.165) is 17.7 Å². The van der Waals surface area contributed by atoms with Crippen molar-refractivity contribution in [3.05, 3.63) is 65.7 Å². The van der Waals surface area contributed by atoms with Gasteiger partial charge in [-0.05, 0) is 29.7 Å². The van der Waals surface area contributed by atoms with Crippen LogP contribution in [0.15, 0.2) is 54.6 Å². The van der Waals surface area contributed by atoms with Crippen molar-refractivity contribution in [3.63, 3.8) is 0 Å². The molecule has 0 amide bonds. The Labute approximate surface area is 95.9 Å². The molecular weight excluding hydrogens is 196 g/mol. The first kappa shape index (κ1) is 10.7. The summed E-state index contributed by atoms with van der Waals surface area (Å²) in [6, 6.07) is 18.1. The molecule has 4 N–H and O–H groups in total. The van der Waals surface area contributed by atoms with E-state index >= 15 is 0 Å². The predicted octanol–water partition coefficient (Wildman–Crippen LogP) is 2.51. The molecule has 0 aromatic heterocycles. The van der Waals surface area contributed by atoms with Crippen molar-refractivity contribution in [1.29, 1.82) is 0 Å². The van der Waals surface area contributed by atoms with Gasteiger partial charge >= 0.3 is 0 Å². The van der Waals surface area contributed by atoms with Crippen molar-refractivity contribution in [3.8, 4) is 0 Å². The molecule has 82 valence electrons. The number of hydrogen-bond donors (Lipinski definition) is 2. The second-order valence-corrected chi connectivity index (χ2v) is 3.96. The minimum atomic E-state index is 0.0306. The first-order chi connectivity index (χ1) is 7.75. The lowest BCUT2D eigenvalue weighted by Gasteiger charge is -2.12. The van der Waals surface area contributed by atoms with E-state index < -0.39 is 0 Å². The summed E-state index contributed by atoms with van der Waals surface area (Å²) < 4.78 is 0. The van der Waals surface area contributed by atoms with Gasteiger partial charge in [0.1, 0.15) is 0 Å². The Morgan fingerprint density at radius 2 is 1.50 bits per heavy atom. The number of nitrogens with two attached hydrogens (primary N) is 2. The fourth-order valence-corrected chi connectivity index (χ4v) is 1.73. The lowest BCUT2D eigenvalue weighted by Crippen LogP contribution is -2.13. The van der Waals surface area contributed by atoms with E-state index in [1.165, 1.54) is 5.56 Å². The van der Waals surface area contributed by atoms with E-state index in [9.17, 15) is 0 Å². The van der Waals surface area contributed by atoms with Crippen LogP contribution in [0.1, 0.15) is 17.2 Å². The number of rotatable bonds is 3. The van der Waals surface area contributed by atoms with Crippen molar-refractivity contribution in [2.75, 3.05) is 5.73 Å². The normalized spacial score (nSPS) is 12.3. The number of nitrogen functional groups attached to an aromatic ring is 1. The quantitative estimate of drug-likeness (QED) is 0.768. The van der Waals surface area contributed by atoms with Crippen LogP contribution in [0.4, 0.5) is 5.69 Å². The van der Waals surface area contributed by atoms with Gasteiger partial charge in [-0.1, -0.05) is 42.5 Å². The molecule has 2 rings (SSSR count). The maximum Gasteiger partial charge on any atom is 0.0335 e. The standard InChI is InChI=1S/C14H16N2/c15-13-8-6-12(7-9-13)14(16)10-11-4-2-1-3-5-11/h1-9,14H,10,15-16H2/t14-/m1/s1. The summed E-state index contributed by atoms with van der Waals surface area (Å²) in [5, 5.41) is 0. The molecule has 0 fully saturated rings. The van der Waals surface area contributed by atoms with Gasteiger partial charge in [0.25, 0.3) is 0 Å². The molecule has 16 heavy (non-hydrogen) atoms. The topological polar surface area (TPSA) is 52.0 Å². The van der Waals surface area contributed by atoms with Gasteiger partial charge in [-0.3, -0.25) is 0 Å². The average molecular weight is 212 g/mol. The highest BCUT2D eigenvalue weighted by atomic mass is 14.6. The zero-order chi connectivity index (χ0) is 11.4. The van der Waals surface area contributed by atoms with Gasteiger partial charge in [0.15, 0.2) is 0 Å². The van der Waals surface area contributed by atoms with Crippen LogP contribution in [0.5, 0.6) is 0 Å². The van der Waals surface area contributed by atoms with Gasteiger partial charge in [0.2, 0.25) is 0 Å². The summed E-state index contributed by atoms with van der Waals surface area (Å²) in [5.41, 5.74) is 14.9. The Hall–Kier alpha value is -1.80. The van der Waals surface area contributed by atoms with Gasteiger partial charge < -0.3 is 11.5 Å². The average Bonchev–Trinajstić information content (AvgIpc) is 2.31. The molecule has 0 saturated carbocycles. The molecule has 2 nitrogen and oxygen atoms in total. The smallest absolute Gasteiger partial charge is 0.0335 e. The molecule has 2 heteroatoms. The second kappa shape index (κ2) is 4.81. The molecule has 2 aromatic rings. The van der Waals surface area contributed by atoms with Gasteiger partial charge in [-0.15, -0.1) is 0 Å². The monoisotopic (exact) mass is 212 g/mol. The minimum Gasteiger partial charge on any atom is -0.399 e. The van der Waals surface area contributed by atoms with Gasteiger partial charge in [0, 0.05) is 11.7 Å². The molecule has 0 radical (unpaired) electrons. The molecule has 1 atom stereocenters. The number of hydrogen-bond acceptors (Lipinski definition) is 2. The van der Waals surface area contributed by atoms with Crippen LogP contribution in [0.25, 0.3) is 0 Å². The molecule has 0 spiro atoms. The third-order valence-electron chi connectivity index (χ3n) is 2.66. The fraction of sp³-hybridized carbons (Fsp3) is 0.143. The van der Waals surface area contributed by atoms with Crippen molar-refractivity contribution in [1.82, 2.24) is 0 Å². The molecule has 0 heterocycles. The highest BCUT2D eigenvalue weighted by molar-refractivity contribution is 5.40. The van der Waals surface area contributed by atoms with E-state index in [0.29, 0.717) is 0 Å². The lowest BCUT2D eigenvalue weighted by molar-refractivity contribution is 0.722. The van der Waals surface area contributed by atoms with Crippen molar-refractivity contribution >= 4 is 5.69 Å². The van der Waals surface area contributed by atoms with Crippen molar-refractivity contribution < 1.29 is 0 Å². The largest absolute Gasteiger partial charge is 0.399 e. The van der Waals surface area contributed by atoms with Crippen LogP contribution in [0, 0.1) is 0 Å². The van der Waals surface area contributed by atoms with E-state index in [1.807, 2.05) is 42.5 Å². The first-order valence-corrected chi connectivity index (χ1v) is 5.40. The number of anilines is 1. The summed E-state index contributed by atoms with van der Waals surface area (Å²) in [6.45, 7) is 0. The summed E-state index contributed by atoms with van der Waals surface area (Å²) in [4.78, 5) is 0. The van der Waals surface area contributed by atoms with Crippen LogP contribution in [0.2, 0.25) is 0 Å². The van der Waals surface area contributed by atoms with Crippen LogP contribution in [0.3, 0.4) is 0 Å². The Kier molecular flexibility index (Phi) is 3.22. The minimum absolute atomic E-state index is 0.0306. The predicted molar refractivity (Wildman–Crippen MR) is 67.9 cm³/mol. The van der Waals surface area contributed by atoms with E-state index in [-0.39, 0.29) is 6.04 Å². The fourth-order valence-electron chi connectivity index (χ4n) is 1.73. The van der Waals surface area contributed by atoms with E-state index in [1.54, 1.807) is 0 Å². The van der Waals surface area contributed by atoms with E-state index in [2.05, 4.69) is 12.1 Å². The maximum atomic E-state index is 6.14. The third kappa shape index (κ3) is 2.61. The summed E-state index contributed by atoms with van der Waals surface area (Å²) >= 11 is 0. The summed E-state index contributed by atoms with van der Waals surface area (Å²) in [6.07, 6.45) is 0.852. The maximum absolute atomic E-state index is 6.14.